The van der Waals surface area contributed by atoms with E-state index in [0.29, 0.717) is 0 Å². The van der Waals surface area contributed by atoms with E-state index >= 15 is 0 Å². The minimum atomic E-state index is -3.60. The van der Waals surface area contributed by atoms with Crippen molar-refractivity contribution in [1.29, 1.82) is 0 Å². The molecule has 1 aliphatic carbocycles. The molecule has 4 rings (SSSR count). The molecular formula is C16H21N5O2S. The molecule has 0 atom stereocenters. The van der Waals surface area contributed by atoms with Gasteiger partial charge in [0.25, 0.3) is 10.2 Å². The van der Waals surface area contributed by atoms with Crippen molar-refractivity contribution in [3.63, 3.8) is 0 Å². The summed E-state index contributed by atoms with van der Waals surface area (Å²) < 4.78 is 24.7. The molecule has 1 aliphatic heterocycles. The van der Waals surface area contributed by atoms with Gasteiger partial charge in [-0.15, -0.1) is 0 Å². The van der Waals surface area contributed by atoms with E-state index in [1.54, 1.807) is 0 Å². The second-order valence-corrected chi connectivity index (χ2v) is 8.63. The average Bonchev–Trinajstić information content (AvgIpc) is 2.40. The van der Waals surface area contributed by atoms with Crippen molar-refractivity contribution < 1.29 is 8.42 Å². The minimum absolute atomic E-state index is 0.0284. The van der Waals surface area contributed by atoms with E-state index in [0.717, 1.165) is 42.5 Å². The van der Waals surface area contributed by atoms with E-state index in [1.165, 1.54) is 11.1 Å². The molecule has 3 N–H and O–H groups in total. The molecular weight excluding hydrogens is 326 g/mol. The smallest absolute Gasteiger partial charge is 0.274 e. The van der Waals surface area contributed by atoms with Gasteiger partial charge in [-0.2, -0.15) is 23.3 Å². The van der Waals surface area contributed by atoms with E-state index in [4.69, 9.17) is 5.14 Å². The van der Waals surface area contributed by atoms with Gasteiger partial charge in [-0.1, -0.05) is 0 Å². The Labute approximate surface area is 141 Å². The Bertz CT molecular complexity index is 913. The first kappa shape index (κ1) is 15.7. The van der Waals surface area contributed by atoms with E-state index < -0.39 is 10.2 Å². The zero-order chi connectivity index (χ0) is 17.1. The van der Waals surface area contributed by atoms with Crippen LogP contribution >= 0.6 is 0 Å². The van der Waals surface area contributed by atoms with Crippen molar-refractivity contribution in [2.75, 3.05) is 18.0 Å². The van der Waals surface area contributed by atoms with Crippen LogP contribution in [0.3, 0.4) is 0 Å². The van der Waals surface area contributed by atoms with Crippen molar-refractivity contribution in [1.82, 2.24) is 14.9 Å². The van der Waals surface area contributed by atoms with Crippen molar-refractivity contribution in [2.24, 2.45) is 10.6 Å². The maximum Gasteiger partial charge on any atom is 0.274 e. The molecule has 128 valence electrons. The summed E-state index contributed by atoms with van der Waals surface area (Å²) in [5, 5.41) is 14.5. The predicted octanol–water partition coefficient (Wildman–Crippen LogP) is 1.01. The summed E-state index contributed by atoms with van der Waals surface area (Å²) in [7, 11) is -3.60. The zero-order valence-electron chi connectivity index (χ0n) is 13.8. The van der Waals surface area contributed by atoms with E-state index in [1.807, 2.05) is 6.20 Å². The van der Waals surface area contributed by atoms with Gasteiger partial charge in [-0.3, -0.25) is 0 Å². The van der Waals surface area contributed by atoms with Crippen LogP contribution in [0.5, 0.6) is 0 Å². The molecule has 0 amide bonds. The van der Waals surface area contributed by atoms with Crippen molar-refractivity contribution in [2.45, 2.75) is 32.7 Å². The zero-order valence-corrected chi connectivity index (χ0v) is 14.6. The first-order valence-electron chi connectivity index (χ1n) is 8.02. The molecule has 2 fully saturated rings. The van der Waals surface area contributed by atoms with Crippen molar-refractivity contribution in [3.05, 3.63) is 29.5 Å². The number of rotatable bonds is 3. The van der Waals surface area contributed by atoms with Gasteiger partial charge in [0.1, 0.15) is 0 Å². The predicted molar refractivity (Wildman–Crippen MR) is 92.9 cm³/mol. The number of aromatic nitrogens is 2. The third-order valence-corrected chi connectivity index (χ3v) is 5.98. The quantitative estimate of drug-likeness (QED) is 0.863. The third kappa shape index (κ3) is 2.64. The number of nitrogens with two attached hydrogens (primary N) is 1. The van der Waals surface area contributed by atoms with Crippen molar-refractivity contribution >= 4 is 26.8 Å². The van der Waals surface area contributed by atoms with Crippen LogP contribution in [0, 0.1) is 19.3 Å². The van der Waals surface area contributed by atoms with Gasteiger partial charge >= 0.3 is 0 Å². The molecule has 0 radical (unpaired) electrons. The lowest BCUT2D eigenvalue weighted by Crippen LogP contribution is -2.67. The summed E-state index contributed by atoms with van der Waals surface area (Å²) >= 11 is 0. The highest BCUT2D eigenvalue weighted by Crippen LogP contribution is 2.50. The summed E-state index contributed by atoms with van der Waals surface area (Å²) in [5.41, 5.74) is 4.69. The Morgan fingerprint density at radius 2 is 1.92 bits per heavy atom. The van der Waals surface area contributed by atoms with Gasteiger partial charge in [0.05, 0.1) is 17.4 Å². The Hall–Kier alpha value is -1.77. The van der Waals surface area contributed by atoms with Crippen molar-refractivity contribution in [3.8, 4) is 0 Å². The van der Waals surface area contributed by atoms with Crippen LogP contribution in [-0.4, -0.2) is 37.7 Å². The molecule has 1 aromatic heterocycles. The van der Waals surface area contributed by atoms with Gasteiger partial charge in [-0.25, -0.2) is 5.14 Å². The minimum Gasteiger partial charge on any atom is -0.368 e. The average molecular weight is 347 g/mol. The van der Waals surface area contributed by atoms with Crippen LogP contribution in [0.25, 0.3) is 10.9 Å². The second-order valence-electron chi connectivity index (χ2n) is 7.31. The number of anilines is 1. The molecule has 24 heavy (non-hydrogen) atoms. The fourth-order valence-corrected chi connectivity index (χ4v) is 4.68. The number of benzene rings is 1. The normalized spacial score (nSPS) is 20.2. The lowest BCUT2D eigenvalue weighted by molar-refractivity contribution is 0.0592. The molecule has 1 saturated carbocycles. The summed E-state index contributed by atoms with van der Waals surface area (Å²) in [6, 6.07) is 4.22. The Morgan fingerprint density at radius 3 is 2.58 bits per heavy atom. The summed E-state index contributed by atoms with van der Waals surface area (Å²) in [5.74, 6) is 0. The maximum absolute atomic E-state index is 11.1. The molecule has 0 unspecified atom stereocenters. The number of aryl methyl sites for hydroxylation is 2. The lowest BCUT2D eigenvalue weighted by Gasteiger charge is -2.59. The van der Waals surface area contributed by atoms with Crippen LogP contribution in [-0.2, 0) is 10.2 Å². The molecule has 1 saturated heterocycles. The van der Waals surface area contributed by atoms with Gasteiger partial charge in [0, 0.05) is 29.9 Å². The largest absolute Gasteiger partial charge is 0.368 e. The topological polar surface area (TPSA) is 101 Å². The van der Waals surface area contributed by atoms with Crippen LogP contribution in [0.2, 0.25) is 0 Å². The molecule has 1 spiro atoms. The molecule has 2 heterocycles. The van der Waals surface area contributed by atoms with Crippen LogP contribution < -0.4 is 14.8 Å². The molecule has 8 heteroatoms. The molecule has 7 nitrogen and oxygen atoms in total. The number of hydrogen-bond acceptors (Lipinski definition) is 5. The fourth-order valence-electron chi connectivity index (χ4n) is 4.05. The first-order chi connectivity index (χ1) is 11.2. The number of nitrogens with zero attached hydrogens (tertiary/aromatic N) is 3. The summed E-state index contributed by atoms with van der Waals surface area (Å²) in [6.07, 6.45) is 3.51. The Balaban J connectivity index is 1.50. The van der Waals surface area contributed by atoms with Crippen LogP contribution in [0.4, 0.5) is 5.69 Å². The van der Waals surface area contributed by atoms with Gasteiger partial charge in [-0.05, 0) is 49.9 Å². The monoisotopic (exact) mass is 347 g/mol. The highest BCUT2D eigenvalue weighted by molar-refractivity contribution is 7.87. The highest BCUT2D eigenvalue weighted by Gasteiger charge is 2.53. The Kier molecular flexibility index (Phi) is 3.35. The maximum atomic E-state index is 11.1. The highest BCUT2D eigenvalue weighted by atomic mass is 32.2. The number of nitrogens with one attached hydrogen (secondary N) is 1. The molecule has 0 bridgehead atoms. The Morgan fingerprint density at radius 1 is 1.25 bits per heavy atom. The molecule has 2 aliphatic rings. The first-order valence-corrected chi connectivity index (χ1v) is 9.57. The van der Waals surface area contributed by atoms with E-state index in [2.05, 4.69) is 45.8 Å². The van der Waals surface area contributed by atoms with E-state index in [-0.39, 0.29) is 11.5 Å². The SMILES string of the molecule is Cc1cc2nncc(N3CC4(CC(NS(N)(=O)=O)C4)C3)c2cc1C. The second kappa shape index (κ2) is 5.11. The lowest BCUT2D eigenvalue weighted by atomic mass is 9.61. The van der Waals surface area contributed by atoms with Crippen LogP contribution in [0.15, 0.2) is 18.3 Å². The van der Waals surface area contributed by atoms with Gasteiger partial charge in [0.15, 0.2) is 0 Å². The summed E-state index contributed by atoms with van der Waals surface area (Å²) in [4.78, 5) is 2.30. The third-order valence-electron chi connectivity index (χ3n) is 5.32. The van der Waals surface area contributed by atoms with E-state index in [9.17, 15) is 8.42 Å². The van der Waals surface area contributed by atoms with Gasteiger partial charge in [0.2, 0.25) is 0 Å². The number of hydrogen-bond donors (Lipinski definition) is 2. The van der Waals surface area contributed by atoms with Gasteiger partial charge < -0.3 is 4.90 Å². The summed E-state index contributed by atoms with van der Waals surface area (Å²) in [6.45, 7) is 6.02. The fraction of sp³-hybridized carbons (Fsp3) is 0.500. The van der Waals surface area contributed by atoms with Crippen LogP contribution in [0.1, 0.15) is 24.0 Å². The molecule has 1 aromatic carbocycles. The standard InChI is InChI=1S/C16H21N5O2S/c1-10-3-13-14(4-11(10)2)19-18-7-15(13)21-8-16(9-21)5-12(6-16)20-24(17,22)23/h3-4,7,12,20H,5-6,8-9H2,1-2H3,(H2,17,22,23). The number of fused-ring (bicyclic) bond motifs is 1. The molecule has 2 aromatic rings.